The summed E-state index contributed by atoms with van der Waals surface area (Å²) in [5.41, 5.74) is 1.75. The third-order valence-corrected chi connectivity index (χ3v) is 4.05. The lowest BCUT2D eigenvalue weighted by Gasteiger charge is -2.24. The van der Waals surface area contributed by atoms with Crippen LogP contribution in [0.3, 0.4) is 0 Å². The number of aromatic nitrogens is 3. The van der Waals surface area contributed by atoms with Crippen LogP contribution in [0.5, 0.6) is 0 Å². The molecule has 1 aliphatic heterocycles. The quantitative estimate of drug-likeness (QED) is 0.849. The number of aryl methyl sites for hydroxylation is 1. The van der Waals surface area contributed by atoms with E-state index >= 15 is 0 Å². The van der Waals surface area contributed by atoms with E-state index in [0.717, 1.165) is 32.4 Å². The van der Waals surface area contributed by atoms with Gasteiger partial charge in [0.25, 0.3) is 5.91 Å². The molecule has 21 heavy (non-hydrogen) atoms. The Hall–Kier alpha value is -2.17. The van der Waals surface area contributed by atoms with E-state index in [0.29, 0.717) is 11.6 Å². The van der Waals surface area contributed by atoms with Gasteiger partial charge in [-0.15, -0.1) is 5.10 Å². The Morgan fingerprint density at radius 2 is 2.05 bits per heavy atom. The van der Waals surface area contributed by atoms with Gasteiger partial charge < -0.3 is 4.90 Å². The number of amides is 1. The van der Waals surface area contributed by atoms with Crippen LogP contribution in [0.4, 0.5) is 0 Å². The van der Waals surface area contributed by atoms with Gasteiger partial charge in [-0.3, -0.25) is 9.48 Å². The van der Waals surface area contributed by atoms with E-state index in [4.69, 9.17) is 0 Å². The van der Waals surface area contributed by atoms with E-state index in [1.54, 1.807) is 17.9 Å². The predicted molar refractivity (Wildman–Crippen MR) is 79.9 cm³/mol. The first-order chi connectivity index (χ1) is 10.2. The zero-order valence-electron chi connectivity index (χ0n) is 12.3. The van der Waals surface area contributed by atoms with Crippen LogP contribution in [0.25, 0.3) is 0 Å². The van der Waals surface area contributed by atoms with Crippen molar-refractivity contribution in [1.82, 2.24) is 19.9 Å². The zero-order valence-corrected chi connectivity index (χ0v) is 12.3. The van der Waals surface area contributed by atoms with Gasteiger partial charge >= 0.3 is 0 Å². The molecule has 2 aromatic rings. The molecule has 0 N–H and O–H groups in total. The number of carbonyl (C=O) groups is 1. The summed E-state index contributed by atoms with van der Waals surface area (Å²) in [4.78, 5) is 14.5. The maximum absolute atomic E-state index is 12.6. The van der Waals surface area contributed by atoms with Gasteiger partial charge in [-0.05, 0) is 18.4 Å². The first kappa shape index (κ1) is 13.8. The van der Waals surface area contributed by atoms with Crippen molar-refractivity contribution in [2.24, 2.45) is 7.05 Å². The second kappa shape index (κ2) is 6.08. The Morgan fingerprint density at radius 1 is 1.24 bits per heavy atom. The standard InChI is InChI=1S/C16H20N4O/c1-19-12-15(17-18-19)16(21)20-10-6-5-9-14(11-20)13-7-3-2-4-8-13/h2-4,7-8,12,14H,5-6,9-11H2,1H3/t14-/m0/s1. The second-order valence-corrected chi connectivity index (χ2v) is 5.63. The van der Waals surface area contributed by atoms with Crippen LogP contribution in [0.2, 0.25) is 0 Å². The molecule has 2 heterocycles. The fourth-order valence-electron chi connectivity index (χ4n) is 2.93. The average molecular weight is 284 g/mol. The lowest BCUT2D eigenvalue weighted by Crippen LogP contribution is -2.34. The van der Waals surface area contributed by atoms with Crippen LogP contribution in [-0.4, -0.2) is 38.9 Å². The van der Waals surface area contributed by atoms with Gasteiger partial charge in [0.1, 0.15) is 0 Å². The van der Waals surface area contributed by atoms with E-state index in [1.807, 2.05) is 11.0 Å². The number of likely N-dealkylation sites (tertiary alicyclic amines) is 1. The molecular weight excluding hydrogens is 264 g/mol. The monoisotopic (exact) mass is 284 g/mol. The van der Waals surface area contributed by atoms with Crippen LogP contribution in [-0.2, 0) is 7.05 Å². The molecule has 0 bridgehead atoms. The largest absolute Gasteiger partial charge is 0.337 e. The van der Waals surface area contributed by atoms with Gasteiger partial charge in [-0.1, -0.05) is 42.0 Å². The molecule has 1 saturated heterocycles. The highest BCUT2D eigenvalue weighted by molar-refractivity contribution is 5.92. The Bertz CT molecular complexity index is 608. The molecule has 1 amide bonds. The summed E-state index contributed by atoms with van der Waals surface area (Å²) < 4.78 is 1.57. The van der Waals surface area contributed by atoms with E-state index in [2.05, 4.69) is 34.6 Å². The molecule has 0 spiro atoms. The number of benzene rings is 1. The van der Waals surface area contributed by atoms with E-state index < -0.39 is 0 Å². The summed E-state index contributed by atoms with van der Waals surface area (Å²) in [7, 11) is 1.78. The number of rotatable bonds is 2. The van der Waals surface area contributed by atoms with Gasteiger partial charge in [-0.25, -0.2) is 0 Å². The molecule has 1 aromatic heterocycles. The molecule has 5 heteroatoms. The van der Waals surface area contributed by atoms with Gasteiger partial charge in [0, 0.05) is 26.1 Å². The minimum atomic E-state index is -0.00840. The fourth-order valence-corrected chi connectivity index (χ4v) is 2.93. The molecule has 0 aliphatic carbocycles. The summed E-state index contributed by atoms with van der Waals surface area (Å²) in [5.74, 6) is 0.403. The number of hydrogen-bond acceptors (Lipinski definition) is 3. The van der Waals surface area contributed by atoms with Crippen molar-refractivity contribution in [2.45, 2.75) is 25.2 Å². The summed E-state index contributed by atoms with van der Waals surface area (Å²) in [6, 6.07) is 10.5. The molecule has 1 aliphatic rings. The number of hydrogen-bond donors (Lipinski definition) is 0. The van der Waals surface area contributed by atoms with Gasteiger partial charge in [0.05, 0.1) is 6.20 Å². The third kappa shape index (κ3) is 3.12. The molecule has 3 rings (SSSR count). The van der Waals surface area contributed by atoms with Crippen LogP contribution in [0.1, 0.15) is 41.2 Å². The van der Waals surface area contributed by atoms with Crippen molar-refractivity contribution in [2.75, 3.05) is 13.1 Å². The van der Waals surface area contributed by atoms with E-state index in [1.165, 1.54) is 5.56 Å². The predicted octanol–water partition coefficient (Wildman–Crippen LogP) is 2.22. The lowest BCUT2D eigenvalue weighted by atomic mass is 9.94. The van der Waals surface area contributed by atoms with E-state index in [9.17, 15) is 4.79 Å². The highest BCUT2D eigenvalue weighted by atomic mass is 16.2. The molecule has 5 nitrogen and oxygen atoms in total. The van der Waals surface area contributed by atoms with Crippen molar-refractivity contribution < 1.29 is 4.79 Å². The molecule has 0 saturated carbocycles. The average Bonchev–Trinajstić information content (AvgIpc) is 2.81. The van der Waals surface area contributed by atoms with Gasteiger partial charge in [0.2, 0.25) is 0 Å². The molecule has 0 unspecified atom stereocenters. The minimum absolute atomic E-state index is 0.00840. The second-order valence-electron chi connectivity index (χ2n) is 5.63. The number of carbonyl (C=O) groups excluding carboxylic acids is 1. The fraction of sp³-hybridized carbons (Fsp3) is 0.438. The highest BCUT2D eigenvalue weighted by Gasteiger charge is 2.25. The smallest absolute Gasteiger partial charge is 0.276 e. The number of nitrogens with zero attached hydrogens (tertiary/aromatic N) is 4. The first-order valence-electron chi connectivity index (χ1n) is 7.44. The van der Waals surface area contributed by atoms with E-state index in [-0.39, 0.29) is 5.91 Å². The van der Waals surface area contributed by atoms with Crippen molar-refractivity contribution >= 4 is 5.91 Å². The van der Waals surface area contributed by atoms with Crippen molar-refractivity contribution in [1.29, 1.82) is 0 Å². The van der Waals surface area contributed by atoms with Crippen LogP contribution >= 0.6 is 0 Å². The maximum Gasteiger partial charge on any atom is 0.276 e. The van der Waals surface area contributed by atoms with Gasteiger partial charge in [-0.2, -0.15) is 0 Å². The first-order valence-corrected chi connectivity index (χ1v) is 7.44. The Balaban J connectivity index is 1.77. The molecule has 1 fully saturated rings. The topological polar surface area (TPSA) is 51.0 Å². The molecule has 0 radical (unpaired) electrons. The maximum atomic E-state index is 12.6. The van der Waals surface area contributed by atoms with Crippen molar-refractivity contribution in [3.63, 3.8) is 0 Å². The summed E-state index contributed by atoms with van der Waals surface area (Å²) in [6.45, 7) is 1.57. The Labute approximate surface area is 124 Å². The Morgan fingerprint density at radius 3 is 2.76 bits per heavy atom. The summed E-state index contributed by atoms with van der Waals surface area (Å²) >= 11 is 0. The highest BCUT2D eigenvalue weighted by Crippen LogP contribution is 2.26. The molecular formula is C16H20N4O. The summed E-state index contributed by atoms with van der Waals surface area (Å²) in [6.07, 6.45) is 5.03. The van der Waals surface area contributed by atoms with Crippen LogP contribution < -0.4 is 0 Å². The lowest BCUT2D eigenvalue weighted by molar-refractivity contribution is 0.0748. The summed E-state index contributed by atoms with van der Waals surface area (Å²) in [5, 5.41) is 7.79. The zero-order chi connectivity index (χ0) is 14.7. The SMILES string of the molecule is Cn1cc(C(=O)N2CCCC[C@H](c3ccccc3)C2)nn1. The van der Waals surface area contributed by atoms with Crippen LogP contribution in [0, 0.1) is 0 Å². The Kier molecular flexibility index (Phi) is 3.99. The normalized spacial score (nSPS) is 19.3. The molecule has 1 atom stereocenters. The minimum Gasteiger partial charge on any atom is -0.337 e. The van der Waals surface area contributed by atoms with Crippen molar-refractivity contribution in [3.8, 4) is 0 Å². The molecule has 1 aromatic carbocycles. The van der Waals surface area contributed by atoms with Crippen molar-refractivity contribution in [3.05, 3.63) is 47.8 Å². The van der Waals surface area contributed by atoms with Crippen LogP contribution in [0.15, 0.2) is 36.5 Å². The van der Waals surface area contributed by atoms with Gasteiger partial charge in [0.15, 0.2) is 5.69 Å². The molecule has 110 valence electrons. The third-order valence-electron chi connectivity index (χ3n) is 4.05.